The summed E-state index contributed by atoms with van der Waals surface area (Å²) in [4.78, 5) is 1.09. The molecule has 2 heterocycles. The Labute approximate surface area is 141 Å². The van der Waals surface area contributed by atoms with Gasteiger partial charge in [-0.15, -0.1) is 11.3 Å². The lowest BCUT2D eigenvalue weighted by Gasteiger charge is -2.32. The number of benzene rings is 1. The molecule has 0 radical (unpaired) electrons. The highest BCUT2D eigenvalue weighted by Gasteiger charge is 2.32. The summed E-state index contributed by atoms with van der Waals surface area (Å²) in [6.07, 6.45) is 0.652. The Balaban J connectivity index is 1.81. The van der Waals surface area contributed by atoms with Gasteiger partial charge in [-0.25, -0.2) is 8.42 Å². The molecule has 3 rings (SSSR count). The van der Waals surface area contributed by atoms with Gasteiger partial charge in [0.05, 0.1) is 12.7 Å². The average molecular weight is 351 g/mol. The van der Waals surface area contributed by atoms with Crippen molar-refractivity contribution in [3.05, 3.63) is 52.4 Å². The van der Waals surface area contributed by atoms with Crippen molar-refractivity contribution in [3.8, 4) is 0 Å². The highest BCUT2D eigenvalue weighted by molar-refractivity contribution is 7.91. The van der Waals surface area contributed by atoms with Gasteiger partial charge in [0, 0.05) is 18.0 Å². The number of sulfonamides is 1. The summed E-state index contributed by atoms with van der Waals surface area (Å²) < 4.78 is 33.4. The smallest absolute Gasteiger partial charge is 0.252 e. The maximum atomic E-state index is 12.8. The molecular weight excluding hydrogens is 330 g/mol. The molecule has 1 aliphatic rings. The van der Waals surface area contributed by atoms with E-state index in [9.17, 15) is 8.42 Å². The van der Waals surface area contributed by atoms with Crippen LogP contribution in [0.15, 0.2) is 40.6 Å². The molecular formula is C17H21NO3S2. The van der Waals surface area contributed by atoms with E-state index in [0.717, 1.165) is 16.9 Å². The summed E-state index contributed by atoms with van der Waals surface area (Å²) in [5, 5.41) is 0. The number of hydrogen-bond acceptors (Lipinski definition) is 4. The van der Waals surface area contributed by atoms with Gasteiger partial charge in [0.1, 0.15) is 4.21 Å². The van der Waals surface area contributed by atoms with E-state index in [0.29, 0.717) is 23.9 Å². The Kier molecular flexibility index (Phi) is 4.87. The maximum Gasteiger partial charge on any atom is 0.252 e. The van der Waals surface area contributed by atoms with E-state index in [1.54, 1.807) is 10.4 Å². The minimum absolute atomic E-state index is 0.204. The zero-order valence-corrected chi connectivity index (χ0v) is 15.0. The zero-order chi connectivity index (χ0) is 16.4. The fourth-order valence-corrected chi connectivity index (χ4v) is 5.52. The minimum Gasteiger partial charge on any atom is -0.371 e. The molecule has 0 spiro atoms. The monoisotopic (exact) mass is 351 g/mol. The molecule has 6 heteroatoms. The van der Waals surface area contributed by atoms with Crippen molar-refractivity contribution in [2.45, 2.75) is 30.6 Å². The Morgan fingerprint density at radius 3 is 2.61 bits per heavy atom. The quantitative estimate of drug-likeness (QED) is 0.848. The fourth-order valence-electron chi connectivity index (χ4n) is 2.64. The van der Waals surface area contributed by atoms with Gasteiger partial charge in [0.2, 0.25) is 0 Å². The van der Waals surface area contributed by atoms with E-state index in [4.69, 9.17) is 4.74 Å². The van der Waals surface area contributed by atoms with Crippen molar-refractivity contribution in [2.24, 2.45) is 0 Å². The van der Waals surface area contributed by atoms with Gasteiger partial charge in [0.15, 0.2) is 0 Å². The van der Waals surface area contributed by atoms with Gasteiger partial charge in [0.25, 0.3) is 10.0 Å². The van der Waals surface area contributed by atoms with E-state index in [2.05, 4.69) is 0 Å². The first-order valence-corrected chi connectivity index (χ1v) is 10.0. The summed E-state index contributed by atoms with van der Waals surface area (Å²) in [6, 6.07) is 11.7. The second kappa shape index (κ2) is 6.73. The first-order chi connectivity index (χ1) is 11.0. The number of aryl methyl sites for hydroxylation is 2. The van der Waals surface area contributed by atoms with Crippen molar-refractivity contribution in [2.75, 3.05) is 19.7 Å². The molecule has 124 valence electrons. The van der Waals surface area contributed by atoms with Crippen molar-refractivity contribution in [1.29, 1.82) is 0 Å². The number of hydrogen-bond donors (Lipinski definition) is 0. The number of morpholine rings is 1. The van der Waals surface area contributed by atoms with Gasteiger partial charge in [-0.05, 0) is 31.0 Å². The van der Waals surface area contributed by atoms with Crippen LogP contribution in [0.4, 0.5) is 0 Å². The zero-order valence-electron chi connectivity index (χ0n) is 13.4. The van der Waals surface area contributed by atoms with Crippen molar-refractivity contribution in [3.63, 3.8) is 0 Å². The number of thiophene rings is 1. The standard InChI is InChI=1S/C17H21NO3S2/c1-3-15-8-9-17(22-15)23(19,20)18-10-11-21-16(12-18)14-6-4-13(2)5-7-14/h4-9,16H,3,10-12H2,1-2H3. The highest BCUT2D eigenvalue weighted by Crippen LogP contribution is 2.30. The lowest BCUT2D eigenvalue weighted by molar-refractivity contribution is -0.00250. The topological polar surface area (TPSA) is 46.6 Å². The van der Waals surface area contributed by atoms with Crippen LogP contribution in [0.3, 0.4) is 0 Å². The van der Waals surface area contributed by atoms with E-state index >= 15 is 0 Å². The third-order valence-electron chi connectivity index (χ3n) is 4.06. The molecule has 23 heavy (non-hydrogen) atoms. The molecule has 1 aromatic carbocycles. The van der Waals surface area contributed by atoms with Crippen LogP contribution in [0.2, 0.25) is 0 Å². The Bertz CT molecular complexity index is 765. The molecule has 1 aliphatic heterocycles. The molecule has 0 bridgehead atoms. The van der Waals surface area contributed by atoms with Gasteiger partial charge in [-0.1, -0.05) is 36.8 Å². The van der Waals surface area contributed by atoms with Crippen LogP contribution in [0.25, 0.3) is 0 Å². The van der Waals surface area contributed by atoms with Crippen LogP contribution in [-0.4, -0.2) is 32.4 Å². The SMILES string of the molecule is CCc1ccc(S(=O)(=O)N2CCOC(c3ccc(C)cc3)C2)s1. The molecule has 2 aromatic rings. The Morgan fingerprint density at radius 2 is 1.96 bits per heavy atom. The second-order valence-corrected chi connectivity index (χ2v) is 9.04. The molecule has 1 atom stereocenters. The van der Waals surface area contributed by atoms with Gasteiger partial charge >= 0.3 is 0 Å². The average Bonchev–Trinajstić information content (AvgIpc) is 3.05. The predicted molar refractivity (Wildman–Crippen MR) is 92.3 cm³/mol. The molecule has 1 fully saturated rings. The normalized spacial score (nSPS) is 19.8. The number of nitrogens with zero attached hydrogens (tertiary/aromatic N) is 1. The van der Waals surface area contributed by atoms with Gasteiger partial charge in [-0.2, -0.15) is 4.31 Å². The number of ether oxygens (including phenoxy) is 1. The van der Waals surface area contributed by atoms with E-state index in [-0.39, 0.29) is 6.10 Å². The van der Waals surface area contributed by atoms with Crippen LogP contribution in [0.5, 0.6) is 0 Å². The Hall–Kier alpha value is -1.21. The first-order valence-electron chi connectivity index (χ1n) is 7.77. The first kappa shape index (κ1) is 16.6. The maximum absolute atomic E-state index is 12.8. The fraction of sp³-hybridized carbons (Fsp3) is 0.412. The van der Waals surface area contributed by atoms with Crippen molar-refractivity contribution >= 4 is 21.4 Å². The molecule has 0 amide bonds. The summed E-state index contributed by atoms with van der Waals surface area (Å²) in [5.41, 5.74) is 2.20. The third kappa shape index (κ3) is 3.50. The van der Waals surface area contributed by atoms with Crippen LogP contribution < -0.4 is 0 Å². The molecule has 1 unspecified atom stereocenters. The van der Waals surface area contributed by atoms with Crippen LogP contribution in [-0.2, 0) is 21.2 Å². The molecule has 1 saturated heterocycles. The third-order valence-corrected chi connectivity index (χ3v) is 7.62. The Morgan fingerprint density at radius 1 is 1.22 bits per heavy atom. The minimum atomic E-state index is -3.43. The molecule has 0 aliphatic carbocycles. The van der Waals surface area contributed by atoms with E-state index < -0.39 is 10.0 Å². The number of rotatable bonds is 4. The van der Waals surface area contributed by atoms with E-state index in [1.165, 1.54) is 16.9 Å². The largest absolute Gasteiger partial charge is 0.371 e. The lowest BCUT2D eigenvalue weighted by Crippen LogP contribution is -2.41. The summed E-state index contributed by atoms with van der Waals surface area (Å²) in [5.74, 6) is 0. The summed E-state index contributed by atoms with van der Waals surface area (Å²) >= 11 is 1.36. The van der Waals surface area contributed by atoms with Crippen molar-refractivity contribution < 1.29 is 13.2 Å². The molecule has 0 N–H and O–H groups in total. The van der Waals surface area contributed by atoms with Crippen LogP contribution in [0.1, 0.15) is 29.0 Å². The van der Waals surface area contributed by atoms with E-state index in [1.807, 2.05) is 44.2 Å². The van der Waals surface area contributed by atoms with Crippen LogP contribution >= 0.6 is 11.3 Å². The van der Waals surface area contributed by atoms with Gasteiger partial charge < -0.3 is 4.74 Å². The predicted octanol–water partition coefficient (Wildman–Crippen LogP) is 3.38. The van der Waals surface area contributed by atoms with Crippen LogP contribution in [0, 0.1) is 6.92 Å². The molecule has 1 aromatic heterocycles. The molecule has 4 nitrogen and oxygen atoms in total. The van der Waals surface area contributed by atoms with Crippen molar-refractivity contribution in [1.82, 2.24) is 4.31 Å². The summed E-state index contributed by atoms with van der Waals surface area (Å²) in [6.45, 7) is 5.26. The second-order valence-electron chi connectivity index (χ2n) is 5.71. The highest BCUT2D eigenvalue weighted by atomic mass is 32.2. The lowest BCUT2D eigenvalue weighted by atomic mass is 10.1. The molecule has 0 saturated carbocycles. The van der Waals surface area contributed by atoms with Gasteiger partial charge in [-0.3, -0.25) is 0 Å². The summed E-state index contributed by atoms with van der Waals surface area (Å²) in [7, 11) is -3.43.